The molecule has 0 aliphatic carbocycles. The van der Waals surface area contributed by atoms with Crippen LogP contribution in [-0.4, -0.2) is 34.4 Å². The van der Waals surface area contributed by atoms with Crippen molar-refractivity contribution in [3.8, 4) is 16.9 Å². The second-order valence-corrected chi connectivity index (χ2v) is 7.95. The quantitative estimate of drug-likeness (QED) is 0.615. The molecule has 1 fully saturated rings. The van der Waals surface area contributed by atoms with Crippen LogP contribution in [0.25, 0.3) is 11.1 Å². The van der Waals surface area contributed by atoms with Crippen LogP contribution < -0.4 is 10.5 Å². The molecular formula is C25H27FN4O2. The Morgan fingerprint density at radius 3 is 2.69 bits per heavy atom. The molecule has 2 aromatic carbocycles. The highest BCUT2D eigenvalue weighted by atomic mass is 19.1. The number of carbonyl (C=O) groups excluding carboxylic acids is 1. The fraction of sp³-hybridized carbons (Fsp3) is 0.320. The number of carbonyl (C=O) groups is 1. The van der Waals surface area contributed by atoms with Crippen LogP contribution in [0.4, 0.5) is 10.3 Å². The van der Waals surface area contributed by atoms with Gasteiger partial charge in [0.05, 0.1) is 18.8 Å². The maximum atomic E-state index is 14.6. The van der Waals surface area contributed by atoms with E-state index in [9.17, 15) is 9.18 Å². The summed E-state index contributed by atoms with van der Waals surface area (Å²) in [5.74, 6) is 0.618. The Balaban J connectivity index is 1.59. The summed E-state index contributed by atoms with van der Waals surface area (Å²) in [5, 5.41) is 0. The number of nitrogen functional groups attached to an aromatic ring is 1. The number of ether oxygens (including phenoxy) is 1. The van der Waals surface area contributed by atoms with Crippen LogP contribution in [0.5, 0.6) is 5.75 Å². The summed E-state index contributed by atoms with van der Waals surface area (Å²) in [6.07, 6.45) is 5.24. The summed E-state index contributed by atoms with van der Waals surface area (Å²) in [7, 11) is 1.63. The highest BCUT2D eigenvalue weighted by Crippen LogP contribution is 2.37. The van der Waals surface area contributed by atoms with Crippen LogP contribution in [0, 0.1) is 5.82 Å². The van der Waals surface area contributed by atoms with Gasteiger partial charge in [-0.25, -0.2) is 14.4 Å². The highest BCUT2D eigenvalue weighted by molar-refractivity contribution is 5.78. The lowest BCUT2D eigenvalue weighted by Gasteiger charge is -2.36. The lowest BCUT2D eigenvalue weighted by atomic mass is 9.93. The molecule has 0 radical (unpaired) electrons. The molecule has 7 heteroatoms. The Bertz CT molecular complexity index is 1090. The first-order chi connectivity index (χ1) is 15.6. The first-order valence-corrected chi connectivity index (χ1v) is 10.9. The van der Waals surface area contributed by atoms with Crippen molar-refractivity contribution >= 4 is 11.9 Å². The van der Waals surface area contributed by atoms with E-state index in [2.05, 4.69) is 9.97 Å². The molecule has 0 saturated carbocycles. The molecule has 4 rings (SSSR count). The summed E-state index contributed by atoms with van der Waals surface area (Å²) in [6, 6.07) is 14.0. The van der Waals surface area contributed by atoms with Crippen molar-refractivity contribution in [2.45, 2.75) is 38.1 Å². The van der Waals surface area contributed by atoms with E-state index in [-0.39, 0.29) is 23.7 Å². The molecular weight excluding hydrogens is 407 g/mol. The molecule has 0 unspecified atom stereocenters. The average Bonchev–Trinajstić information content (AvgIpc) is 2.83. The predicted octanol–water partition coefficient (Wildman–Crippen LogP) is 4.56. The molecule has 2 heterocycles. The predicted molar refractivity (Wildman–Crippen MR) is 121 cm³/mol. The van der Waals surface area contributed by atoms with Gasteiger partial charge in [0.2, 0.25) is 11.9 Å². The molecule has 0 bridgehead atoms. The number of anilines is 1. The van der Waals surface area contributed by atoms with E-state index in [4.69, 9.17) is 10.5 Å². The first-order valence-electron chi connectivity index (χ1n) is 10.9. The van der Waals surface area contributed by atoms with Crippen molar-refractivity contribution in [1.82, 2.24) is 14.9 Å². The van der Waals surface area contributed by atoms with E-state index in [1.807, 2.05) is 29.2 Å². The summed E-state index contributed by atoms with van der Waals surface area (Å²) < 4.78 is 19.8. The van der Waals surface area contributed by atoms with Gasteiger partial charge in [-0.3, -0.25) is 4.79 Å². The molecule has 1 aliphatic rings. The highest BCUT2D eigenvalue weighted by Gasteiger charge is 2.31. The lowest BCUT2D eigenvalue weighted by Crippen LogP contribution is -2.39. The van der Waals surface area contributed by atoms with Crippen LogP contribution in [0.15, 0.2) is 54.7 Å². The number of aromatic nitrogens is 2. The number of nitrogens with zero attached hydrogens (tertiary/aromatic N) is 3. The maximum absolute atomic E-state index is 14.6. The van der Waals surface area contributed by atoms with E-state index in [0.29, 0.717) is 36.2 Å². The van der Waals surface area contributed by atoms with E-state index in [1.54, 1.807) is 31.5 Å². The zero-order valence-electron chi connectivity index (χ0n) is 18.1. The molecule has 1 atom stereocenters. The van der Waals surface area contributed by atoms with Gasteiger partial charge in [-0.2, -0.15) is 0 Å². The molecule has 1 aliphatic heterocycles. The topological polar surface area (TPSA) is 81.3 Å². The van der Waals surface area contributed by atoms with E-state index in [0.717, 1.165) is 30.6 Å². The van der Waals surface area contributed by atoms with Gasteiger partial charge >= 0.3 is 0 Å². The van der Waals surface area contributed by atoms with Crippen LogP contribution >= 0.6 is 0 Å². The zero-order valence-corrected chi connectivity index (χ0v) is 18.1. The van der Waals surface area contributed by atoms with Crippen LogP contribution in [0.1, 0.15) is 43.0 Å². The summed E-state index contributed by atoms with van der Waals surface area (Å²) >= 11 is 0. The van der Waals surface area contributed by atoms with Crippen molar-refractivity contribution in [2.24, 2.45) is 0 Å². The molecule has 1 aromatic heterocycles. The number of rotatable bonds is 6. The van der Waals surface area contributed by atoms with Gasteiger partial charge < -0.3 is 15.4 Å². The van der Waals surface area contributed by atoms with Crippen LogP contribution in [0.3, 0.4) is 0 Å². The molecule has 32 heavy (non-hydrogen) atoms. The number of methoxy groups -OCH3 is 1. The molecule has 2 N–H and O–H groups in total. The number of hydrogen-bond acceptors (Lipinski definition) is 5. The first kappa shape index (κ1) is 21.7. The second-order valence-electron chi connectivity index (χ2n) is 7.95. The number of piperidine rings is 1. The molecule has 6 nitrogen and oxygen atoms in total. The minimum atomic E-state index is -0.352. The van der Waals surface area contributed by atoms with Gasteiger partial charge in [0.15, 0.2) is 0 Å². The fourth-order valence-corrected chi connectivity index (χ4v) is 4.25. The van der Waals surface area contributed by atoms with Gasteiger partial charge in [-0.1, -0.05) is 30.3 Å². The third-order valence-corrected chi connectivity index (χ3v) is 5.93. The molecule has 1 saturated heterocycles. The number of benzene rings is 2. The third-order valence-electron chi connectivity index (χ3n) is 5.93. The largest absolute Gasteiger partial charge is 0.497 e. The van der Waals surface area contributed by atoms with Crippen molar-refractivity contribution in [3.05, 3.63) is 71.8 Å². The van der Waals surface area contributed by atoms with Crippen molar-refractivity contribution in [2.75, 3.05) is 19.4 Å². The molecule has 1 amide bonds. The number of halogens is 1. The summed E-state index contributed by atoms with van der Waals surface area (Å²) in [6.45, 7) is 0.646. The Morgan fingerprint density at radius 2 is 1.94 bits per heavy atom. The molecule has 3 aromatic rings. The number of nitrogens with two attached hydrogens (primary N) is 1. The fourth-order valence-electron chi connectivity index (χ4n) is 4.25. The summed E-state index contributed by atoms with van der Waals surface area (Å²) in [4.78, 5) is 23.7. The van der Waals surface area contributed by atoms with Crippen molar-refractivity contribution in [1.29, 1.82) is 0 Å². The van der Waals surface area contributed by atoms with Gasteiger partial charge in [0, 0.05) is 30.3 Å². The minimum absolute atomic E-state index is 0.0576. The molecule has 166 valence electrons. The number of aryl methyl sites for hydroxylation is 1. The van der Waals surface area contributed by atoms with E-state index >= 15 is 0 Å². The van der Waals surface area contributed by atoms with Crippen LogP contribution in [0.2, 0.25) is 0 Å². The Morgan fingerprint density at radius 1 is 1.16 bits per heavy atom. The maximum Gasteiger partial charge on any atom is 0.223 e. The monoisotopic (exact) mass is 434 g/mol. The Hall–Kier alpha value is -3.48. The number of likely N-dealkylation sites (tertiary alicyclic amines) is 1. The van der Waals surface area contributed by atoms with Gasteiger partial charge in [-0.15, -0.1) is 0 Å². The van der Waals surface area contributed by atoms with Gasteiger partial charge in [-0.05, 0) is 49.4 Å². The SMILES string of the molecule is COc1ccc(CCC(=O)N2CCCC[C@H]2c2nc(N)ncc2-c2ccccc2F)cc1. The summed E-state index contributed by atoms with van der Waals surface area (Å²) in [5.41, 5.74) is 8.58. The van der Waals surface area contributed by atoms with Crippen molar-refractivity contribution < 1.29 is 13.9 Å². The Kier molecular flexibility index (Phi) is 6.63. The zero-order chi connectivity index (χ0) is 22.5. The van der Waals surface area contributed by atoms with Crippen molar-refractivity contribution in [3.63, 3.8) is 0 Å². The van der Waals surface area contributed by atoms with Gasteiger partial charge in [0.25, 0.3) is 0 Å². The van der Waals surface area contributed by atoms with E-state index < -0.39 is 0 Å². The minimum Gasteiger partial charge on any atom is -0.497 e. The standard InChI is InChI=1S/C25H27FN4O2/c1-32-18-12-9-17(10-13-18)11-14-23(31)30-15-5-4-8-22(30)24-20(16-28-25(27)29-24)19-6-2-3-7-21(19)26/h2-3,6-7,9-10,12-13,16,22H,4-5,8,11,14-15H2,1H3,(H2,27,28,29)/t22-/m0/s1. The normalized spacial score (nSPS) is 16.1. The Labute approximate surface area is 187 Å². The number of amides is 1. The second kappa shape index (κ2) is 9.77. The smallest absolute Gasteiger partial charge is 0.223 e. The number of hydrogen-bond donors (Lipinski definition) is 1. The van der Waals surface area contributed by atoms with E-state index in [1.165, 1.54) is 6.07 Å². The van der Waals surface area contributed by atoms with Crippen LogP contribution in [-0.2, 0) is 11.2 Å². The van der Waals surface area contributed by atoms with Gasteiger partial charge in [0.1, 0.15) is 11.6 Å². The molecule has 0 spiro atoms. The average molecular weight is 435 g/mol. The lowest BCUT2D eigenvalue weighted by molar-refractivity contribution is -0.135. The third kappa shape index (κ3) is 4.72.